The number of hydrogen-bond donors (Lipinski definition) is 3. The molecule has 0 saturated carbocycles. The summed E-state index contributed by atoms with van der Waals surface area (Å²) in [5.41, 5.74) is 2.29. The average Bonchev–Trinajstić information content (AvgIpc) is 2.97. The van der Waals surface area contributed by atoms with Gasteiger partial charge in [-0.15, -0.1) is 12.4 Å². The minimum Gasteiger partial charge on any atom is -0.351 e. The molecule has 0 aliphatic rings. The second kappa shape index (κ2) is 9.15. The van der Waals surface area contributed by atoms with Crippen LogP contribution in [0, 0.1) is 0 Å². The molecule has 2 aromatic rings. The first-order valence-electron chi connectivity index (χ1n) is 6.90. The molecule has 0 aliphatic carbocycles. The fourth-order valence-corrected chi connectivity index (χ4v) is 1.94. The van der Waals surface area contributed by atoms with E-state index in [1.165, 1.54) is 0 Å². The molecule has 21 heavy (non-hydrogen) atoms. The number of rotatable bonds is 7. The predicted molar refractivity (Wildman–Crippen MR) is 86.8 cm³/mol. The third kappa shape index (κ3) is 4.88. The van der Waals surface area contributed by atoms with Crippen molar-refractivity contribution in [1.82, 2.24) is 20.8 Å². The summed E-state index contributed by atoms with van der Waals surface area (Å²) in [6.07, 6.45) is 2.66. The molecule has 6 heteroatoms. The molecule has 1 aromatic carbocycles. The smallest absolute Gasteiger partial charge is 0.255 e. The molecule has 0 fully saturated rings. The van der Waals surface area contributed by atoms with Gasteiger partial charge in [0.2, 0.25) is 0 Å². The Bertz CT molecular complexity index is 542. The molecule has 1 aromatic heterocycles. The molecule has 0 spiro atoms. The quantitative estimate of drug-likeness (QED) is 0.687. The molecule has 0 aliphatic heterocycles. The van der Waals surface area contributed by atoms with Gasteiger partial charge in [0, 0.05) is 18.7 Å². The molecule has 0 atom stereocenters. The monoisotopic (exact) mass is 308 g/mol. The van der Waals surface area contributed by atoms with Crippen LogP contribution in [0.4, 0.5) is 0 Å². The molecule has 0 unspecified atom stereocenters. The summed E-state index contributed by atoms with van der Waals surface area (Å²) in [7, 11) is 0. The van der Waals surface area contributed by atoms with Crippen molar-refractivity contribution in [3.63, 3.8) is 0 Å². The highest BCUT2D eigenvalue weighted by atomic mass is 35.5. The highest BCUT2D eigenvalue weighted by Gasteiger charge is 2.14. The van der Waals surface area contributed by atoms with E-state index in [1.807, 2.05) is 30.3 Å². The van der Waals surface area contributed by atoms with Crippen molar-refractivity contribution in [3.05, 3.63) is 42.1 Å². The van der Waals surface area contributed by atoms with Crippen LogP contribution in [0.2, 0.25) is 0 Å². The van der Waals surface area contributed by atoms with Gasteiger partial charge in [0.25, 0.3) is 5.91 Å². The highest BCUT2D eigenvalue weighted by molar-refractivity contribution is 5.99. The Kier molecular flexibility index (Phi) is 7.50. The summed E-state index contributed by atoms with van der Waals surface area (Å²) >= 11 is 0. The third-order valence-electron chi connectivity index (χ3n) is 2.96. The molecule has 5 nitrogen and oxygen atoms in total. The van der Waals surface area contributed by atoms with E-state index in [0.717, 1.165) is 30.8 Å². The van der Waals surface area contributed by atoms with Crippen LogP contribution >= 0.6 is 12.4 Å². The van der Waals surface area contributed by atoms with E-state index in [-0.39, 0.29) is 18.3 Å². The van der Waals surface area contributed by atoms with E-state index in [2.05, 4.69) is 27.8 Å². The van der Waals surface area contributed by atoms with Gasteiger partial charge in [-0.1, -0.05) is 37.3 Å². The SMILES string of the molecule is CCCNCCNC(=O)c1cn[nH]c1-c1ccccc1.Cl. The van der Waals surface area contributed by atoms with E-state index < -0.39 is 0 Å². The van der Waals surface area contributed by atoms with Crippen molar-refractivity contribution in [3.8, 4) is 11.3 Å². The van der Waals surface area contributed by atoms with Crippen LogP contribution < -0.4 is 10.6 Å². The fraction of sp³-hybridized carbons (Fsp3) is 0.333. The Hall–Kier alpha value is -1.85. The predicted octanol–water partition coefficient (Wildman–Crippen LogP) is 2.23. The van der Waals surface area contributed by atoms with Crippen LogP contribution in [0.5, 0.6) is 0 Å². The van der Waals surface area contributed by atoms with Crippen LogP contribution in [-0.2, 0) is 0 Å². The van der Waals surface area contributed by atoms with E-state index in [9.17, 15) is 4.79 Å². The molecule has 1 amide bonds. The number of nitrogens with one attached hydrogen (secondary N) is 3. The summed E-state index contributed by atoms with van der Waals surface area (Å²) < 4.78 is 0. The van der Waals surface area contributed by atoms with E-state index in [1.54, 1.807) is 6.20 Å². The van der Waals surface area contributed by atoms with E-state index >= 15 is 0 Å². The lowest BCUT2D eigenvalue weighted by molar-refractivity contribution is 0.0954. The van der Waals surface area contributed by atoms with Gasteiger partial charge in [0.05, 0.1) is 17.5 Å². The normalized spacial score (nSPS) is 9.95. The first kappa shape index (κ1) is 17.2. The molecular weight excluding hydrogens is 288 g/mol. The lowest BCUT2D eigenvalue weighted by atomic mass is 10.1. The van der Waals surface area contributed by atoms with Gasteiger partial charge >= 0.3 is 0 Å². The van der Waals surface area contributed by atoms with Crippen molar-refractivity contribution in [1.29, 1.82) is 0 Å². The number of carbonyl (C=O) groups is 1. The van der Waals surface area contributed by atoms with Crippen molar-refractivity contribution in [2.24, 2.45) is 0 Å². The number of aromatic amines is 1. The Labute approximate surface area is 130 Å². The molecule has 114 valence electrons. The van der Waals surface area contributed by atoms with Crippen molar-refractivity contribution >= 4 is 18.3 Å². The molecule has 0 bridgehead atoms. The van der Waals surface area contributed by atoms with Crippen LogP contribution in [0.1, 0.15) is 23.7 Å². The number of H-pyrrole nitrogens is 1. The Morgan fingerprint density at radius 3 is 2.67 bits per heavy atom. The highest BCUT2D eigenvalue weighted by Crippen LogP contribution is 2.20. The summed E-state index contributed by atoms with van der Waals surface area (Å²) in [6, 6.07) is 9.72. The van der Waals surface area contributed by atoms with Crippen LogP contribution in [0.3, 0.4) is 0 Å². The van der Waals surface area contributed by atoms with Crippen molar-refractivity contribution in [2.45, 2.75) is 13.3 Å². The van der Waals surface area contributed by atoms with Gasteiger partial charge in [-0.25, -0.2) is 0 Å². The maximum atomic E-state index is 12.1. The topological polar surface area (TPSA) is 69.8 Å². The largest absolute Gasteiger partial charge is 0.351 e. The molecule has 0 saturated heterocycles. The van der Waals surface area contributed by atoms with Gasteiger partial charge in [0.15, 0.2) is 0 Å². The third-order valence-corrected chi connectivity index (χ3v) is 2.96. The Morgan fingerprint density at radius 1 is 1.19 bits per heavy atom. The second-order valence-electron chi connectivity index (χ2n) is 4.53. The standard InChI is InChI=1S/C15H20N4O.ClH/c1-2-8-16-9-10-17-15(20)13-11-18-19-14(13)12-6-4-3-5-7-12;/h3-7,11,16H,2,8-10H2,1H3,(H,17,20)(H,18,19);1H. The number of benzene rings is 1. The summed E-state index contributed by atoms with van der Waals surface area (Å²) in [4.78, 5) is 12.1. The zero-order valence-corrected chi connectivity index (χ0v) is 12.9. The Morgan fingerprint density at radius 2 is 1.95 bits per heavy atom. The summed E-state index contributed by atoms with van der Waals surface area (Å²) in [6.45, 7) is 4.47. The molecule has 3 N–H and O–H groups in total. The number of hydrogen-bond acceptors (Lipinski definition) is 3. The average molecular weight is 309 g/mol. The minimum absolute atomic E-state index is 0. The van der Waals surface area contributed by atoms with Crippen molar-refractivity contribution in [2.75, 3.05) is 19.6 Å². The van der Waals surface area contributed by atoms with Gasteiger partial charge in [-0.3, -0.25) is 9.89 Å². The Balaban J connectivity index is 0.00000220. The lowest BCUT2D eigenvalue weighted by Crippen LogP contribution is -2.32. The summed E-state index contributed by atoms with van der Waals surface area (Å²) in [5.74, 6) is -0.101. The lowest BCUT2D eigenvalue weighted by Gasteiger charge is -2.06. The maximum Gasteiger partial charge on any atom is 0.255 e. The van der Waals surface area contributed by atoms with Gasteiger partial charge < -0.3 is 10.6 Å². The fourth-order valence-electron chi connectivity index (χ4n) is 1.94. The van der Waals surface area contributed by atoms with E-state index in [4.69, 9.17) is 0 Å². The number of halogens is 1. The number of nitrogens with zero attached hydrogens (tertiary/aromatic N) is 1. The number of aromatic nitrogens is 2. The zero-order valence-electron chi connectivity index (χ0n) is 12.1. The van der Waals surface area contributed by atoms with E-state index in [0.29, 0.717) is 12.1 Å². The number of carbonyl (C=O) groups excluding carboxylic acids is 1. The van der Waals surface area contributed by atoms with Crippen LogP contribution in [0.15, 0.2) is 36.5 Å². The molecule has 2 rings (SSSR count). The zero-order chi connectivity index (χ0) is 14.2. The van der Waals surface area contributed by atoms with Crippen molar-refractivity contribution < 1.29 is 4.79 Å². The second-order valence-corrected chi connectivity index (χ2v) is 4.53. The molecule has 1 heterocycles. The van der Waals surface area contributed by atoms with Gasteiger partial charge in [-0.2, -0.15) is 5.10 Å². The molecular formula is C15H21ClN4O. The first-order valence-corrected chi connectivity index (χ1v) is 6.90. The van der Waals surface area contributed by atoms with Crippen LogP contribution in [-0.4, -0.2) is 35.7 Å². The van der Waals surface area contributed by atoms with Gasteiger partial charge in [-0.05, 0) is 13.0 Å². The van der Waals surface area contributed by atoms with Crippen LogP contribution in [0.25, 0.3) is 11.3 Å². The minimum atomic E-state index is -0.101. The number of amides is 1. The maximum absolute atomic E-state index is 12.1. The van der Waals surface area contributed by atoms with Gasteiger partial charge in [0.1, 0.15) is 0 Å². The molecule has 0 radical (unpaired) electrons. The summed E-state index contributed by atoms with van der Waals surface area (Å²) in [5, 5.41) is 13.0. The first-order chi connectivity index (χ1) is 9.83.